The number of anilines is 2. The molecule has 0 amide bonds. The van der Waals surface area contributed by atoms with Gasteiger partial charge in [-0.15, -0.1) is 5.10 Å². The van der Waals surface area contributed by atoms with Crippen molar-refractivity contribution in [3.05, 3.63) is 83.4 Å². The Balaban J connectivity index is 1.69. The first-order valence-corrected chi connectivity index (χ1v) is 12.2. The maximum atomic E-state index is 13.4. The molecule has 166 valence electrons. The zero-order valence-electron chi connectivity index (χ0n) is 17.9. The fraction of sp³-hybridized carbons (Fsp3) is 0.125. The SMILES string of the molecule is CC(C)c1ccc(S(=O)(=O)c2nnn3c2nc(Nc2cccc(Cl)c2)c2ccccc23)cc1. The topological polar surface area (TPSA) is 89.2 Å². The lowest BCUT2D eigenvalue weighted by molar-refractivity contribution is 0.592. The maximum Gasteiger partial charge on any atom is 0.229 e. The quantitative estimate of drug-likeness (QED) is 0.353. The van der Waals surface area contributed by atoms with Crippen LogP contribution in [0.5, 0.6) is 0 Å². The molecule has 33 heavy (non-hydrogen) atoms. The van der Waals surface area contributed by atoms with E-state index in [0.29, 0.717) is 22.3 Å². The van der Waals surface area contributed by atoms with E-state index in [1.807, 2.05) is 48.5 Å². The first kappa shape index (κ1) is 21.4. The Morgan fingerprint density at radius 1 is 0.970 bits per heavy atom. The number of nitrogens with one attached hydrogen (secondary N) is 1. The number of hydrogen-bond donors (Lipinski definition) is 1. The van der Waals surface area contributed by atoms with E-state index < -0.39 is 9.84 Å². The molecule has 2 aromatic heterocycles. The van der Waals surface area contributed by atoms with E-state index in [1.54, 1.807) is 24.3 Å². The van der Waals surface area contributed by atoms with Crippen LogP contribution in [0.15, 0.2) is 82.7 Å². The summed E-state index contributed by atoms with van der Waals surface area (Å²) in [6, 6.07) is 21.5. The predicted molar refractivity (Wildman–Crippen MR) is 129 cm³/mol. The number of aromatic nitrogens is 4. The van der Waals surface area contributed by atoms with Crippen LogP contribution in [-0.4, -0.2) is 28.2 Å². The van der Waals surface area contributed by atoms with Gasteiger partial charge in [-0.2, -0.15) is 4.52 Å². The minimum atomic E-state index is -3.94. The summed E-state index contributed by atoms with van der Waals surface area (Å²) in [6.45, 7) is 4.11. The maximum absolute atomic E-state index is 13.4. The highest BCUT2D eigenvalue weighted by Crippen LogP contribution is 2.30. The zero-order valence-corrected chi connectivity index (χ0v) is 19.5. The van der Waals surface area contributed by atoms with Gasteiger partial charge in [-0.05, 0) is 53.9 Å². The molecule has 1 N–H and O–H groups in total. The molecular formula is C24H20ClN5O2S. The summed E-state index contributed by atoms with van der Waals surface area (Å²) >= 11 is 6.13. The van der Waals surface area contributed by atoms with Gasteiger partial charge >= 0.3 is 0 Å². The zero-order chi connectivity index (χ0) is 23.2. The van der Waals surface area contributed by atoms with E-state index in [1.165, 1.54) is 4.52 Å². The molecule has 0 fully saturated rings. The number of hydrogen-bond acceptors (Lipinski definition) is 6. The predicted octanol–water partition coefficient (Wildman–Crippen LogP) is 5.63. The van der Waals surface area contributed by atoms with E-state index in [0.717, 1.165) is 16.6 Å². The molecule has 9 heteroatoms. The Morgan fingerprint density at radius 2 is 1.73 bits per heavy atom. The van der Waals surface area contributed by atoms with E-state index >= 15 is 0 Å². The molecular weight excluding hydrogens is 458 g/mol. The summed E-state index contributed by atoms with van der Waals surface area (Å²) in [5.41, 5.74) is 2.60. The normalized spacial score (nSPS) is 12.0. The van der Waals surface area contributed by atoms with Gasteiger partial charge in [0.2, 0.25) is 14.9 Å². The Bertz CT molecular complexity index is 1600. The Morgan fingerprint density at radius 3 is 2.45 bits per heavy atom. The van der Waals surface area contributed by atoms with Crippen LogP contribution in [0.4, 0.5) is 11.5 Å². The highest BCUT2D eigenvalue weighted by Gasteiger charge is 2.27. The monoisotopic (exact) mass is 477 g/mol. The van der Waals surface area contributed by atoms with Crippen LogP contribution in [0.3, 0.4) is 0 Å². The average Bonchev–Trinajstić information content (AvgIpc) is 3.24. The summed E-state index contributed by atoms with van der Waals surface area (Å²) in [5, 5.41) is 12.5. The molecule has 5 rings (SSSR count). The summed E-state index contributed by atoms with van der Waals surface area (Å²) in [4.78, 5) is 4.78. The van der Waals surface area contributed by atoms with Gasteiger partial charge in [0.15, 0.2) is 5.65 Å². The molecule has 0 saturated carbocycles. The number of nitrogens with zero attached hydrogens (tertiary/aromatic N) is 4. The van der Waals surface area contributed by atoms with Crippen LogP contribution >= 0.6 is 11.6 Å². The first-order valence-electron chi connectivity index (χ1n) is 10.4. The Kier molecular flexibility index (Phi) is 5.26. The molecule has 0 saturated heterocycles. The molecule has 0 unspecified atom stereocenters. The lowest BCUT2D eigenvalue weighted by Crippen LogP contribution is -2.06. The van der Waals surface area contributed by atoms with Crippen molar-refractivity contribution in [2.75, 3.05) is 5.32 Å². The molecule has 0 atom stereocenters. The number of rotatable bonds is 5. The van der Waals surface area contributed by atoms with Gasteiger partial charge in [-0.1, -0.05) is 61.0 Å². The van der Waals surface area contributed by atoms with Crippen molar-refractivity contribution in [2.24, 2.45) is 0 Å². The highest BCUT2D eigenvalue weighted by molar-refractivity contribution is 7.91. The van der Waals surface area contributed by atoms with Gasteiger partial charge in [0.05, 0.1) is 10.4 Å². The minimum absolute atomic E-state index is 0.145. The number of benzene rings is 3. The average molecular weight is 478 g/mol. The summed E-state index contributed by atoms with van der Waals surface area (Å²) in [6.07, 6.45) is 0. The highest BCUT2D eigenvalue weighted by atomic mass is 35.5. The van der Waals surface area contributed by atoms with E-state index in [4.69, 9.17) is 11.6 Å². The van der Waals surface area contributed by atoms with Crippen LogP contribution in [0.25, 0.3) is 16.6 Å². The smallest absolute Gasteiger partial charge is 0.229 e. The second-order valence-corrected chi connectivity index (χ2v) is 10.3. The molecule has 3 aromatic carbocycles. The minimum Gasteiger partial charge on any atom is -0.340 e. The van der Waals surface area contributed by atoms with Crippen LogP contribution in [0.1, 0.15) is 25.3 Å². The third-order valence-electron chi connectivity index (χ3n) is 5.42. The summed E-state index contributed by atoms with van der Waals surface area (Å²) < 4.78 is 28.3. The fourth-order valence-corrected chi connectivity index (χ4v) is 5.09. The lowest BCUT2D eigenvalue weighted by Gasteiger charge is -2.11. The van der Waals surface area contributed by atoms with Crippen molar-refractivity contribution in [3.8, 4) is 0 Å². The van der Waals surface area contributed by atoms with Gasteiger partial charge < -0.3 is 5.32 Å². The number of fused-ring (bicyclic) bond motifs is 3. The summed E-state index contributed by atoms with van der Waals surface area (Å²) in [5.74, 6) is 0.777. The van der Waals surface area contributed by atoms with Crippen LogP contribution in [-0.2, 0) is 9.84 Å². The van der Waals surface area contributed by atoms with Gasteiger partial charge in [0.1, 0.15) is 5.82 Å². The molecule has 0 aliphatic rings. The number of para-hydroxylation sites is 1. The van der Waals surface area contributed by atoms with Crippen molar-refractivity contribution < 1.29 is 8.42 Å². The van der Waals surface area contributed by atoms with Crippen LogP contribution in [0, 0.1) is 0 Å². The third-order valence-corrected chi connectivity index (χ3v) is 7.32. The van der Waals surface area contributed by atoms with Crippen molar-refractivity contribution in [3.63, 3.8) is 0 Å². The second kappa shape index (κ2) is 8.13. The standard InChI is InChI=1S/C24H20ClN5O2S/c1-15(2)16-10-12-19(13-11-16)33(31,32)24-23-27-22(26-18-7-5-6-17(25)14-18)20-8-3-4-9-21(20)30(23)29-28-24/h3-15H,1-2H3,(H,26,27). The number of sulfone groups is 1. The second-order valence-electron chi connectivity index (χ2n) is 7.97. The molecule has 0 aliphatic carbocycles. The van der Waals surface area contributed by atoms with E-state index in [-0.39, 0.29) is 15.6 Å². The summed E-state index contributed by atoms with van der Waals surface area (Å²) in [7, 11) is -3.94. The third kappa shape index (κ3) is 3.81. The molecule has 0 bridgehead atoms. The van der Waals surface area contributed by atoms with Gasteiger partial charge in [-0.25, -0.2) is 13.4 Å². The van der Waals surface area contributed by atoms with Crippen molar-refractivity contribution in [1.82, 2.24) is 19.8 Å². The molecule has 0 spiro atoms. The van der Waals surface area contributed by atoms with Crippen LogP contribution < -0.4 is 5.32 Å². The van der Waals surface area contributed by atoms with E-state index in [2.05, 4.69) is 34.5 Å². The largest absolute Gasteiger partial charge is 0.340 e. The van der Waals surface area contributed by atoms with Crippen LogP contribution in [0.2, 0.25) is 5.02 Å². The number of halogens is 1. The van der Waals surface area contributed by atoms with Gasteiger partial charge in [-0.3, -0.25) is 0 Å². The molecule has 2 heterocycles. The van der Waals surface area contributed by atoms with Gasteiger partial charge in [0, 0.05) is 16.1 Å². The van der Waals surface area contributed by atoms with Crippen molar-refractivity contribution in [1.29, 1.82) is 0 Å². The van der Waals surface area contributed by atoms with Crippen molar-refractivity contribution >= 4 is 49.5 Å². The Hall–Kier alpha value is -3.49. The molecule has 0 aliphatic heterocycles. The van der Waals surface area contributed by atoms with Crippen molar-refractivity contribution in [2.45, 2.75) is 29.7 Å². The lowest BCUT2D eigenvalue weighted by atomic mass is 10.0. The molecule has 7 nitrogen and oxygen atoms in total. The Labute approximate surface area is 196 Å². The molecule has 5 aromatic rings. The van der Waals surface area contributed by atoms with Gasteiger partial charge in [0.25, 0.3) is 0 Å². The molecule has 0 radical (unpaired) electrons. The van der Waals surface area contributed by atoms with E-state index in [9.17, 15) is 8.42 Å². The fourth-order valence-electron chi connectivity index (χ4n) is 3.66. The first-order chi connectivity index (χ1) is 15.8.